The summed E-state index contributed by atoms with van der Waals surface area (Å²) in [4.78, 5) is 11.0. The molecule has 6 heteroatoms. The Morgan fingerprint density at radius 1 is 0.156 bits per heavy atom. The molecule has 3 N–H and O–H groups in total. The number of benzene rings is 21. The van der Waals surface area contributed by atoms with Gasteiger partial charge in [0, 0.05) is 120 Å². The minimum absolute atomic E-state index is 1.17. The smallest absolute Gasteiger partial charge is 0.0619 e. The van der Waals surface area contributed by atoms with Crippen LogP contribution in [-0.2, 0) is 0 Å². The van der Waals surface area contributed by atoms with E-state index in [-0.39, 0.29) is 0 Å². The molecule has 27 rings (SSSR count). The van der Waals surface area contributed by atoms with E-state index in [0.717, 1.165) is 0 Å². The first kappa shape index (κ1) is 68.9. The molecule has 6 aromatic heterocycles. The predicted octanol–water partition coefficient (Wildman–Crippen LogP) is 31.7. The number of fused-ring (bicyclic) bond motifs is 26. The zero-order valence-electron chi connectivity index (χ0n) is 66.3. The van der Waals surface area contributed by atoms with Crippen molar-refractivity contribution in [2.75, 3.05) is 0 Å². The fourth-order valence-corrected chi connectivity index (χ4v) is 20.2. The fraction of sp³-hybridized carbons (Fsp3) is 0. The highest BCUT2D eigenvalue weighted by Crippen LogP contribution is 2.47. The highest BCUT2D eigenvalue weighted by Gasteiger charge is 2.23. The van der Waals surface area contributed by atoms with Gasteiger partial charge in [0.15, 0.2) is 0 Å². The third-order valence-electron chi connectivity index (χ3n) is 25.7. The molecule has 0 fully saturated rings. The summed E-state index contributed by atoms with van der Waals surface area (Å²) in [5.41, 5.74) is 28.0. The third-order valence-corrected chi connectivity index (χ3v) is 25.7. The van der Waals surface area contributed by atoms with Crippen molar-refractivity contribution in [3.8, 4) is 61.6 Å². The summed E-state index contributed by atoms with van der Waals surface area (Å²) in [6, 6.07) is 157. The second-order valence-electron chi connectivity index (χ2n) is 32.4. The lowest BCUT2D eigenvalue weighted by Gasteiger charge is -2.13. The first-order chi connectivity index (χ1) is 60.5. The molecule has 6 heterocycles. The van der Waals surface area contributed by atoms with Crippen molar-refractivity contribution in [1.82, 2.24) is 28.7 Å². The summed E-state index contributed by atoms with van der Waals surface area (Å²) in [6.07, 6.45) is 0. The Morgan fingerprint density at radius 2 is 0.508 bits per heavy atom. The van der Waals surface area contributed by atoms with Crippen LogP contribution in [0, 0.1) is 0 Å². The topological polar surface area (TPSA) is 62.2 Å². The van der Waals surface area contributed by atoms with E-state index in [2.05, 4.69) is 459 Å². The van der Waals surface area contributed by atoms with E-state index in [1.165, 1.54) is 246 Å². The third kappa shape index (κ3) is 10.9. The number of rotatable bonds is 7. The second kappa shape index (κ2) is 27.7. The van der Waals surface area contributed by atoms with Crippen LogP contribution in [0.1, 0.15) is 0 Å². The lowest BCUT2D eigenvalue weighted by atomic mass is 9.93. The number of aromatic amines is 3. The number of H-pyrrole nitrogens is 3. The number of hydrogen-bond donors (Lipinski definition) is 3. The van der Waals surface area contributed by atoms with Gasteiger partial charge in [-0.3, -0.25) is 0 Å². The van der Waals surface area contributed by atoms with Crippen molar-refractivity contribution >= 4 is 185 Å². The van der Waals surface area contributed by atoms with Crippen LogP contribution in [0.3, 0.4) is 0 Å². The maximum Gasteiger partial charge on any atom is 0.0619 e. The number of aromatic nitrogens is 6. The minimum atomic E-state index is 1.17. The predicted molar refractivity (Wildman–Crippen MR) is 520 cm³/mol. The van der Waals surface area contributed by atoms with Crippen molar-refractivity contribution in [3.05, 3.63) is 431 Å². The first-order valence-electron chi connectivity index (χ1n) is 42.0. The minimum Gasteiger partial charge on any atom is -0.354 e. The Labute approximate surface area is 700 Å². The molecule has 0 radical (unpaired) electrons. The van der Waals surface area contributed by atoms with Crippen LogP contribution in [0.25, 0.3) is 246 Å². The standard InChI is InChI=1S/C44H28N2.C38H24N2.C34H22N2/c1-2-10-33(11-3-1)46-43-17-9-7-14-37(43)40-27-39(34-12-4-5-15-38(34)44(40)46)32-21-20-28-24-29(18-19-30(28)25-32)31-22-23-36-35-13-6-8-16-41(35)45-42(36)26-31;1-2-12-26-24(10-1)11-9-19-35(26)40-36-18-8-6-15-29(36)32-22-25(20-21-37(32)40)31-23-33-28-14-5-7-17-34(28)39-38(33)30-16-4-3-13-27(30)31;1-2-10-23(11-3-1)36-32-17-9-7-14-26(32)29-20-22(18-19-33(29)36)28-21-30-25-13-6-8-16-31(25)35-34(30)27-15-5-4-12-24(27)28/h1-27,45H;1-23,39H;1-21,35H. The van der Waals surface area contributed by atoms with Gasteiger partial charge in [0.25, 0.3) is 0 Å². The van der Waals surface area contributed by atoms with Gasteiger partial charge in [-0.05, 0) is 204 Å². The highest BCUT2D eigenvalue weighted by molar-refractivity contribution is 6.26. The quantitative estimate of drug-likeness (QED) is 0.142. The van der Waals surface area contributed by atoms with Gasteiger partial charge in [-0.15, -0.1) is 0 Å². The van der Waals surface area contributed by atoms with Crippen LogP contribution in [0.4, 0.5) is 0 Å². The average Bonchev–Trinajstić information content (AvgIpc) is 1.72. The molecular weight excluding hydrogens is 1480 g/mol. The van der Waals surface area contributed by atoms with Crippen LogP contribution in [0.15, 0.2) is 431 Å². The van der Waals surface area contributed by atoms with E-state index in [1.54, 1.807) is 0 Å². The lowest BCUT2D eigenvalue weighted by molar-refractivity contribution is 1.18. The summed E-state index contributed by atoms with van der Waals surface area (Å²) in [6.45, 7) is 0. The monoisotopic (exact) mass is 1550 g/mol. The average molecular weight is 1550 g/mol. The molecular formula is C116H74N6. The van der Waals surface area contributed by atoms with Gasteiger partial charge in [-0.2, -0.15) is 0 Å². The molecule has 0 spiro atoms. The lowest BCUT2D eigenvalue weighted by Crippen LogP contribution is -1.95. The van der Waals surface area contributed by atoms with E-state index in [9.17, 15) is 0 Å². The number of nitrogens with one attached hydrogen (secondary N) is 3. The van der Waals surface area contributed by atoms with Gasteiger partial charge >= 0.3 is 0 Å². The summed E-state index contributed by atoms with van der Waals surface area (Å²) in [5.74, 6) is 0. The summed E-state index contributed by atoms with van der Waals surface area (Å²) in [7, 11) is 0. The van der Waals surface area contributed by atoms with Crippen LogP contribution in [-0.4, -0.2) is 28.7 Å². The highest BCUT2D eigenvalue weighted by atomic mass is 15.0. The van der Waals surface area contributed by atoms with Crippen molar-refractivity contribution in [1.29, 1.82) is 0 Å². The Bertz CT molecular complexity index is 8970. The van der Waals surface area contributed by atoms with Gasteiger partial charge < -0.3 is 28.7 Å². The van der Waals surface area contributed by atoms with Crippen molar-refractivity contribution in [2.24, 2.45) is 0 Å². The summed E-state index contributed by atoms with van der Waals surface area (Å²) >= 11 is 0. The van der Waals surface area contributed by atoms with E-state index >= 15 is 0 Å². The molecule has 21 aromatic carbocycles. The molecule has 0 atom stereocenters. The van der Waals surface area contributed by atoms with E-state index in [0.29, 0.717) is 0 Å². The van der Waals surface area contributed by atoms with Gasteiger partial charge in [0.2, 0.25) is 0 Å². The molecule has 0 bridgehead atoms. The Balaban J connectivity index is 0.000000102. The first-order valence-corrected chi connectivity index (χ1v) is 42.0. The molecule has 122 heavy (non-hydrogen) atoms. The summed E-state index contributed by atoms with van der Waals surface area (Å²) < 4.78 is 7.22. The Morgan fingerprint density at radius 3 is 1.08 bits per heavy atom. The van der Waals surface area contributed by atoms with Crippen LogP contribution in [0.2, 0.25) is 0 Å². The van der Waals surface area contributed by atoms with Gasteiger partial charge in [-0.25, -0.2) is 0 Å². The number of nitrogens with zero attached hydrogens (tertiary/aromatic N) is 3. The SMILES string of the molecule is c1ccc(-n2c3ccccc3c3cc(-c4cc5c6ccccc6[nH]c5c5ccccc45)ccc32)cc1.c1ccc(-n2c3ccccc3c3cc(-c4ccc5cc(-c6ccc7c(c6)[nH]c6ccccc67)ccc5c4)c4ccccc4c32)cc1.c1ccc2c(-n3c4ccccc4c4cc(-c5cc6c7ccccc7[nH]c6c6ccccc56)ccc43)cccc2c1. The second-order valence-corrected chi connectivity index (χ2v) is 32.4. The molecule has 0 amide bonds. The van der Waals surface area contributed by atoms with Crippen LogP contribution in [0.5, 0.6) is 0 Å². The van der Waals surface area contributed by atoms with Crippen molar-refractivity contribution in [3.63, 3.8) is 0 Å². The largest absolute Gasteiger partial charge is 0.354 e. The van der Waals surface area contributed by atoms with E-state index < -0.39 is 0 Å². The molecule has 0 aliphatic heterocycles. The molecule has 0 unspecified atom stereocenters. The number of para-hydroxylation sites is 8. The molecule has 0 saturated heterocycles. The maximum atomic E-state index is 3.69. The summed E-state index contributed by atoms with van der Waals surface area (Å²) in [5, 5.41) is 27.8. The molecule has 568 valence electrons. The Kier molecular flexibility index (Phi) is 15.6. The number of hydrogen-bond acceptors (Lipinski definition) is 0. The molecule has 0 saturated carbocycles. The van der Waals surface area contributed by atoms with Gasteiger partial charge in [-0.1, -0.05) is 303 Å². The maximum absolute atomic E-state index is 3.69. The molecule has 6 nitrogen and oxygen atoms in total. The molecule has 27 aromatic rings. The Hall–Kier alpha value is -16.3. The zero-order valence-corrected chi connectivity index (χ0v) is 66.3. The fourth-order valence-electron chi connectivity index (χ4n) is 20.2. The zero-order chi connectivity index (χ0) is 80.0. The van der Waals surface area contributed by atoms with Crippen molar-refractivity contribution < 1.29 is 0 Å². The van der Waals surface area contributed by atoms with E-state index in [4.69, 9.17) is 0 Å². The van der Waals surface area contributed by atoms with Crippen LogP contribution < -0.4 is 0 Å². The van der Waals surface area contributed by atoms with Gasteiger partial charge in [0.1, 0.15) is 0 Å². The normalized spacial score (nSPS) is 11.9. The van der Waals surface area contributed by atoms with Gasteiger partial charge in [0.05, 0.1) is 49.8 Å². The van der Waals surface area contributed by atoms with E-state index in [1.807, 2.05) is 0 Å². The molecule has 0 aliphatic carbocycles. The molecule has 0 aliphatic rings. The van der Waals surface area contributed by atoms with Crippen molar-refractivity contribution in [2.45, 2.75) is 0 Å². The van der Waals surface area contributed by atoms with Crippen LogP contribution >= 0.6 is 0 Å².